The van der Waals surface area contributed by atoms with Crippen molar-refractivity contribution in [2.24, 2.45) is 0 Å². The van der Waals surface area contributed by atoms with Crippen LogP contribution in [0.2, 0.25) is 0 Å². The van der Waals surface area contributed by atoms with Gasteiger partial charge in [0.2, 0.25) is 0 Å². The van der Waals surface area contributed by atoms with Gasteiger partial charge in [0.1, 0.15) is 5.82 Å². The lowest BCUT2D eigenvalue weighted by Gasteiger charge is -2.21. The molecule has 112 valence electrons. The normalized spacial score (nSPS) is 12.3. The number of pyridine rings is 1. The number of nitrogen functional groups attached to an aromatic ring is 1. The molecule has 4 heteroatoms. The van der Waals surface area contributed by atoms with Crippen LogP contribution in [0, 0.1) is 6.92 Å². The van der Waals surface area contributed by atoms with E-state index < -0.39 is 0 Å². The fourth-order valence-corrected chi connectivity index (χ4v) is 2.84. The number of aryl methyl sites for hydroxylation is 1. The summed E-state index contributed by atoms with van der Waals surface area (Å²) in [5.74, 6) is 0.615. The molecule has 1 atom stereocenters. The number of anilines is 1. The van der Waals surface area contributed by atoms with Crippen LogP contribution in [0.5, 0.6) is 0 Å². The molecule has 3 N–H and O–H groups in total. The highest BCUT2D eigenvalue weighted by Crippen LogP contribution is 2.24. The third kappa shape index (κ3) is 4.55. The van der Waals surface area contributed by atoms with Crippen LogP contribution in [-0.4, -0.2) is 11.5 Å². The van der Waals surface area contributed by atoms with E-state index in [9.17, 15) is 0 Å². The number of nitrogens with one attached hydrogen (secondary N) is 1. The van der Waals surface area contributed by atoms with Crippen LogP contribution in [0.4, 0.5) is 5.82 Å². The molecule has 0 aliphatic rings. The molecular formula is C17H22BrN3. The van der Waals surface area contributed by atoms with E-state index >= 15 is 0 Å². The summed E-state index contributed by atoms with van der Waals surface area (Å²) < 4.78 is 1.10. The average molecular weight is 348 g/mol. The van der Waals surface area contributed by atoms with E-state index in [-0.39, 0.29) is 6.04 Å². The van der Waals surface area contributed by atoms with Gasteiger partial charge >= 0.3 is 0 Å². The molecule has 0 bridgehead atoms. The average Bonchev–Trinajstić information content (AvgIpc) is 2.46. The van der Waals surface area contributed by atoms with Crippen LogP contribution in [0.3, 0.4) is 0 Å². The Hall–Kier alpha value is -1.39. The quantitative estimate of drug-likeness (QED) is 0.829. The SMILES string of the molecule is CCCNC(Cc1cccc(Br)c1)c1cc(C)cnc1N. The van der Waals surface area contributed by atoms with Crippen LogP contribution in [0.1, 0.15) is 36.1 Å². The number of hydrogen-bond acceptors (Lipinski definition) is 3. The van der Waals surface area contributed by atoms with E-state index in [2.05, 4.69) is 57.4 Å². The number of halogens is 1. The molecule has 0 amide bonds. The Morgan fingerprint density at radius 1 is 1.33 bits per heavy atom. The minimum absolute atomic E-state index is 0.187. The highest BCUT2D eigenvalue weighted by molar-refractivity contribution is 9.10. The lowest BCUT2D eigenvalue weighted by molar-refractivity contribution is 0.529. The van der Waals surface area contributed by atoms with Gasteiger partial charge in [-0.2, -0.15) is 0 Å². The number of hydrogen-bond donors (Lipinski definition) is 2. The summed E-state index contributed by atoms with van der Waals surface area (Å²) in [6.45, 7) is 5.18. The summed E-state index contributed by atoms with van der Waals surface area (Å²) in [7, 11) is 0. The van der Waals surface area contributed by atoms with Gasteiger partial charge in [-0.15, -0.1) is 0 Å². The Bertz CT molecular complexity index is 598. The van der Waals surface area contributed by atoms with Gasteiger partial charge in [0, 0.05) is 22.3 Å². The minimum Gasteiger partial charge on any atom is -0.383 e. The van der Waals surface area contributed by atoms with Crippen molar-refractivity contribution < 1.29 is 0 Å². The van der Waals surface area contributed by atoms with Gasteiger partial charge in [-0.1, -0.05) is 35.0 Å². The first-order valence-corrected chi connectivity index (χ1v) is 8.09. The molecule has 0 fully saturated rings. The lowest BCUT2D eigenvalue weighted by Crippen LogP contribution is -2.25. The third-order valence-corrected chi connectivity index (χ3v) is 3.92. The summed E-state index contributed by atoms with van der Waals surface area (Å²) in [5.41, 5.74) is 9.58. The summed E-state index contributed by atoms with van der Waals surface area (Å²) in [5, 5.41) is 3.59. The molecule has 21 heavy (non-hydrogen) atoms. The van der Waals surface area contributed by atoms with Gasteiger partial charge in [0.15, 0.2) is 0 Å². The van der Waals surface area contributed by atoms with Crippen molar-refractivity contribution in [3.8, 4) is 0 Å². The second kappa shape index (κ2) is 7.57. The Balaban J connectivity index is 2.27. The van der Waals surface area contributed by atoms with Crippen molar-refractivity contribution in [1.29, 1.82) is 0 Å². The van der Waals surface area contributed by atoms with Gasteiger partial charge in [0.05, 0.1) is 0 Å². The van der Waals surface area contributed by atoms with Gasteiger partial charge in [0.25, 0.3) is 0 Å². The van der Waals surface area contributed by atoms with Crippen LogP contribution < -0.4 is 11.1 Å². The fourth-order valence-electron chi connectivity index (χ4n) is 2.39. The van der Waals surface area contributed by atoms with Gasteiger partial charge < -0.3 is 11.1 Å². The van der Waals surface area contributed by atoms with Crippen molar-refractivity contribution in [1.82, 2.24) is 10.3 Å². The van der Waals surface area contributed by atoms with E-state index in [1.54, 1.807) is 0 Å². The van der Waals surface area contributed by atoms with Crippen molar-refractivity contribution in [2.45, 2.75) is 32.7 Å². The molecule has 1 aromatic heterocycles. The monoisotopic (exact) mass is 347 g/mol. The van der Waals surface area contributed by atoms with Crippen molar-refractivity contribution in [3.05, 3.63) is 57.7 Å². The Kier molecular flexibility index (Phi) is 5.76. The predicted octanol–water partition coefficient (Wildman–Crippen LogP) is 4.02. The maximum Gasteiger partial charge on any atom is 0.128 e. The molecule has 2 rings (SSSR count). The number of nitrogens with two attached hydrogens (primary N) is 1. The maximum absolute atomic E-state index is 6.09. The van der Waals surface area contributed by atoms with Crippen molar-refractivity contribution >= 4 is 21.7 Å². The summed E-state index contributed by atoms with van der Waals surface area (Å²) in [6, 6.07) is 10.7. The van der Waals surface area contributed by atoms with Crippen molar-refractivity contribution in [2.75, 3.05) is 12.3 Å². The zero-order chi connectivity index (χ0) is 15.2. The molecule has 0 radical (unpaired) electrons. The molecule has 0 spiro atoms. The first-order chi connectivity index (χ1) is 10.1. The van der Waals surface area contributed by atoms with E-state index in [0.717, 1.165) is 35.0 Å². The Labute approximate surface area is 135 Å². The summed E-state index contributed by atoms with van der Waals surface area (Å²) >= 11 is 3.53. The van der Waals surface area contributed by atoms with Gasteiger partial charge in [-0.25, -0.2) is 4.98 Å². The zero-order valence-corrected chi connectivity index (χ0v) is 14.2. The Morgan fingerprint density at radius 2 is 2.14 bits per heavy atom. The third-order valence-electron chi connectivity index (χ3n) is 3.43. The molecule has 0 saturated carbocycles. The number of rotatable bonds is 6. The van der Waals surface area contributed by atoms with Gasteiger partial charge in [-0.05, 0) is 55.6 Å². The smallest absolute Gasteiger partial charge is 0.128 e. The molecule has 1 unspecified atom stereocenters. The molecule has 3 nitrogen and oxygen atoms in total. The highest BCUT2D eigenvalue weighted by Gasteiger charge is 2.15. The van der Waals surface area contributed by atoms with E-state index in [1.165, 1.54) is 5.56 Å². The zero-order valence-electron chi connectivity index (χ0n) is 12.6. The largest absolute Gasteiger partial charge is 0.383 e. The van der Waals surface area contributed by atoms with Crippen LogP contribution >= 0.6 is 15.9 Å². The van der Waals surface area contributed by atoms with Gasteiger partial charge in [-0.3, -0.25) is 0 Å². The molecule has 0 saturated heterocycles. The Morgan fingerprint density at radius 3 is 2.86 bits per heavy atom. The van der Waals surface area contributed by atoms with Crippen LogP contribution in [0.15, 0.2) is 41.0 Å². The van der Waals surface area contributed by atoms with Crippen LogP contribution in [-0.2, 0) is 6.42 Å². The van der Waals surface area contributed by atoms with E-state index in [4.69, 9.17) is 5.73 Å². The standard InChI is InChI=1S/C17H22BrN3/c1-3-7-20-16(10-13-5-4-6-14(18)9-13)15-8-12(2)11-21-17(15)19/h4-6,8-9,11,16,20H,3,7,10H2,1-2H3,(H2,19,21). The predicted molar refractivity (Wildman–Crippen MR) is 92.3 cm³/mol. The summed E-state index contributed by atoms with van der Waals surface area (Å²) in [6.07, 6.45) is 3.80. The fraction of sp³-hybridized carbons (Fsp3) is 0.353. The highest BCUT2D eigenvalue weighted by atomic mass is 79.9. The molecule has 0 aliphatic carbocycles. The van der Waals surface area contributed by atoms with Crippen LogP contribution in [0.25, 0.3) is 0 Å². The topological polar surface area (TPSA) is 50.9 Å². The van der Waals surface area contributed by atoms with E-state index in [1.807, 2.05) is 19.2 Å². The number of benzene rings is 1. The number of nitrogens with zero attached hydrogens (tertiary/aromatic N) is 1. The molecule has 2 aromatic rings. The summed E-state index contributed by atoms with van der Waals surface area (Å²) in [4.78, 5) is 4.30. The molecule has 1 heterocycles. The van der Waals surface area contributed by atoms with E-state index in [0.29, 0.717) is 5.82 Å². The molecule has 1 aromatic carbocycles. The second-order valence-corrected chi connectivity index (χ2v) is 6.24. The maximum atomic E-state index is 6.09. The first kappa shape index (κ1) is 16.0. The molecule has 0 aliphatic heterocycles. The first-order valence-electron chi connectivity index (χ1n) is 7.30. The van der Waals surface area contributed by atoms with Crippen molar-refractivity contribution in [3.63, 3.8) is 0 Å². The minimum atomic E-state index is 0.187. The molecular weight excluding hydrogens is 326 g/mol. The number of aromatic nitrogens is 1. The lowest BCUT2D eigenvalue weighted by atomic mass is 9.98. The second-order valence-electron chi connectivity index (χ2n) is 5.33.